The zero-order chi connectivity index (χ0) is 75.9. The number of Topliss-reactive ketones (excluding diaryl/α,β-unsaturated/α-hetero) is 1. The molecule has 4 aliphatic rings. The molecule has 14 N–H and O–H groups in total. The number of carboxylic acid groups (broad SMARTS) is 1. The van der Waals surface area contributed by atoms with Crippen LogP contribution in [0.15, 0.2) is 139 Å². The normalized spacial score (nSPS) is 19.2. The summed E-state index contributed by atoms with van der Waals surface area (Å²) in [6.45, 7) is 0.0111. The van der Waals surface area contributed by atoms with E-state index in [1.165, 1.54) is 80.2 Å². The van der Waals surface area contributed by atoms with Crippen LogP contribution in [0.2, 0.25) is 30.1 Å². The molecular weight excluding hydrogens is 1510 g/mol. The lowest BCUT2D eigenvalue weighted by Gasteiger charge is -2.33. The summed E-state index contributed by atoms with van der Waals surface area (Å²) >= 11 is 38.1. The number of nitrogens with one attached hydrogen (secondary N) is 7. The molecule has 3 aromatic heterocycles. The number of phenolic OH excluding ortho intramolecular Hbond substituents is 5. The van der Waals surface area contributed by atoms with E-state index in [4.69, 9.17) is 84.2 Å². The number of likely N-dealkylation sites (N-methyl/N-ethyl adjacent to an activating group) is 1. The highest BCUT2D eigenvalue weighted by Crippen LogP contribution is 2.46. The average Bonchev–Trinajstić information content (AvgIpc) is 1.38. The first-order valence-corrected chi connectivity index (χ1v) is 34.1. The van der Waals surface area contributed by atoms with Crippen molar-refractivity contribution in [2.24, 2.45) is 0 Å². The number of aliphatic hydroxyl groups is 1. The predicted molar refractivity (Wildman–Crippen MR) is 384 cm³/mol. The highest BCUT2D eigenvalue weighted by Gasteiger charge is 2.41. The number of rotatable bonds is 11. The van der Waals surface area contributed by atoms with Crippen molar-refractivity contribution in [3.8, 4) is 51.4 Å². The number of halogens is 6. The first-order chi connectivity index (χ1) is 50.5. The summed E-state index contributed by atoms with van der Waals surface area (Å²) in [7, 11) is 1.19. The van der Waals surface area contributed by atoms with Crippen LogP contribution >= 0.6 is 69.6 Å². The monoisotopic (exact) mass is 1560 g/mol. The number of amides is 6. The second-order valence-electron chi connectivity index (χ2n) is 24.6. The highest BCUT2D eigenvalue weighted by atomic mass is 35.5. The zero-order valence-corrected chi connectivity index (χ0v) is 59.1. The third-order valence-corrected chi connectivity index (χ3v) is 19.6. The van der Waals surface area contributed by atoms with Gasteiger partial charge in [0.05, 0.1) is 61.0 Å². The second-order valence-corrected chi connectivity index (χ2v) is 27.1. The van der Waals surface area contributed by atoms with Crippen molar-refractivity contribution in [2.45, 2.75) is 74.3 Å². The minimum Gasteiger partial charge on any atom is -0.508 e. The molecule has 4 aliphatic heterocycles. The number of benzene rings is 7. The Morgan fingerprint density at radius 3 is 1.84 bits per heavy atom. The lowest BCUT2D eigenvalue weighted by molar-refractivity contribution is -0.145. The Hall–Kier alpha value is -11.2. The van der Waals surface area contributed by atoms with Gasteiger partial charge in [0, 0.05) is 48.2 Å². The number of ether oxygens (including phenoxy) is 2. The largest absolute Gasteiger partial charge is 0.508 e. The topological polar surface area (TPSA) is 439 Å². The van der Waals surface area contributed by atoms with E-state index in [0.29, 0.717) is 33.2 Å². The summed E-state index contributed by atoms with van der Waals surface area (Å²) in [6, 6.07) is 13.3. The van der Waals surface area contributed by atoms with Crippen LogP contribution in [0.4, 0.5) is 0 Å². The van der Waals surface area contributed by atoms with Crippen molar-refractivity contribution in [2.75, 3.05) is 13.7 Å². The van der Waals surface area contributed by atoms with Crippen LogP contribution in [0.3, 0.4) is 0 Å². The van der Waals surface area contributed by atoms with Crippen molar-refractivity contribution in [3.63, 3.8) is 0 Å². The number of fused-ring (bicyclic) bond motifs is 11. The number of nitrogens with zero attached hydrogens (tertiary/aromatic N) is 4. The molecule has 6 amide bonds. The number of aromatic nitrogens is 5. The molecule has 1 saturated heterocycles. The molecule has 8 atom stereocenters. The Bertz CT molecular complexity index is 5220. The number of phenols is 5. The zero-order valence-electron chi connectivity index (χ0n) is 54.5. The van der Waals surface area contributed by atoms with Crippen LogP contribution in [-0.2, 0) is 51.1 Å². The number of hydrogen-bond acceptors (Lipinski definition) is 19. The third kappa shape index (κ3) is 15.4. The van der Waals surface area contributed by atoms with E-state index in [2.05, 4.69) is 46.5 Å². The van der Waals surface area contributed by atoms with Crippen molar-refractivity contribution >= 4 is 139 Å². The van der Waals surface area contributed by atoms with Gasteiger partial charge in [0.15, 0.2) is 46.0 Å². The molecule has 0 saturated carbocycles. The molecule has 7 aromatic carbocycles. The Morgan fingerprint density at radius 1 is 0.651 bits per heavy atom. The van der Waals surface area contributed by atoms with Crippen LogP contribution < -0.4 is 36.9 Å². The summed E-state index contributed by atoms with van der Waals surface area (Å²) in [5.74, 6) is -12.8. The molecule has 9 bridgehead atoms. The van der Waals surface area contributed by atoms with Crippen molar-refractivity contribution in [3.05, 3.63) is 214 Å². The fraction of sp³-hybridized carbons (Fsp3) is 0.197. The van der Waals surface area contributed by atoms with E-state index in [1.54, 1.807) is 29.1 Å². The number of H-pyrrole nitrogens is 2. The van der Waals surface area contributed by atoms with Crippen molar-refractivity contribution in [1.82, 2.24) is 56.0 Å². The lowest BCUT2D eigenvalue weighted by Crippen LogP contribution is -2.54. The number of aromatic amines is 2. The van der Waals surface area contributed by atoms with Gasteiger partial charge < -0.3 is 86.7 Å². The molecule has 0 spiro atoms. The molecule has 1 fully saturated rings. The number of carbonyl (C=O) groups is 8. The Balaban J connectivity index is 0.000000538. The molecule has 106 heavy (non-hydrogen) atoms. The quantitative estimate of drug-likeness (QED) is 0.0424. The van der Waals surface area contributed by atoms with E-state index in [1.807, 2.05) is 0 Å². The smallest absolute Gasteiger partial charge is 0.330 e. The van der Waals surface area contributed by atoms with Gasteiger partial charge in [-0.05, 0) is 119 Å². The maximum atomic E-state index is 15.8. The van der Waals surface area contributed by atoms with E-state index in [-0.39, 0.29) is 97.2 Å². The number of para-hydroxylation sites is 1. The predicted octanol–water partition coefficient (Wildman–Crippen LogP) is 8.99. The van der Waals surface area contributed by atoms with Crippen molar-refractivity contribution in [1.29, 1.82) is 0 Å². The molecule has 0 aliphatic carbocycles. The molecule has 6 unspecified atom stereocenters. The number of carbonyl (C=O) groups excluding carboxylic acids is 7. The van der Waals surface area contributed by atoms with Crippen LogP contribution in [0.25, 0.3) is 33.2 Å². The van der Waals surface area contributed by atoms with Crippen LogP contribution in [0, 0.1) is 0 Å². The third-order valence-electron chi connectivity index (χ3n) is 17.9. The summed E-state index contributed by atoms with van der Waals surface area (Å²) in [5, 5.41) is 84.1. The average molecular weight is 1570 g/mol. The highest BCUT2D eigenvalue weighted by molar-refractivity contribution is 6.45. The summed E-state index contributed by atoms with van der Waals surface area (Å²) in [5.41, 5.74) is 0.789. The van der Waals surface area contributed by atoms with Crippen LogP contribution in [0.5, 0.6) is 40.2 Å². The molecule has 14 rings (SSSR count). The number of aromatic hydroxyl groups is 5. The van der Waals surface area contributed by atoms with Crippen LogP contribution in [-0.4, -0.2) is 144 Å². The van der Waals surface area contributed by atoms with E-state index >= 15 is 19.2 Å². The summed E-state index contributed by atoms with van der Waals surface area (Å²) in [4.78, 5) is 143. The lowest BCUT2D eigenvalue weighted by atomic mass is 9.94. The first kappa shape index (κ1) is 74.6. The van der Waals surface area contributed by atoms with Gasteiger partial charge in [0.2, 0.25) is 35.3 Å². The molecule has 35 heteroatoms. The van der Waals surface area contributed by atoms with E-state index in [0.717, 1.165) is 54.1 Å². The number of carboxylic acids is 1. The standard InChI is InChI=1S/C61H45Cl6N7O15.C10H12N4O3/c1-74-43(56(82)73-48(61(87)88)25-7-9-31(75)10-8-25)13-24-5-11-32(12-6-24)89-44-22-26-14-35(51(44)77)34-4-2-3-33-30(23-68-49(33)34)21-42(69-59(85)50(76)29-19-40(66)54(80)41(67)20-29)55(81)70-46(27-15-36(62)52(78)37(63)16-27)57(83)71-45(26)58(84)72-47(60(74)86)28-17-38(64)53(79)39(65)18-28;15-3-6-1-2-7(17-6)14-5-13-8-9(14)11-4-12-10(8)16/h2-12,14-20,22-23,42-43,45-48,68,75,77-80H,13,21H2,1H3,(H,69,85)(H,70,81)(H,71,83)(H,72,84)(H,73,82)(H,87,88);4-7,15H,1-3H2,(H,11,12,16)/t;6-,7+/m.0/s1. The number of aliphatic hydroxyl groups excluding tert-OH is 1. The Labute approximate surface area is 627 Å². The maximum absolute atomic E-state index is 15.8. The summed E-state index contributed by atoms with van der Waals surface area (Å²) in [6.07, 6.45) is 4.87. The van der Waals surface area contributed by atoms with E-state index < -0.39 is 133 Å². The van der Waals surface area contributed by atoms with Gasteiger partial charge in [-0.15, -0.1) is 0 Å². The Morgan fingerprint density at radius 2 is 1.24 bits per heavy atom. The summed E-state index contributed by atoms with van der Waals surface area (Å²) < 4.78 is 13.8. The van der Waals surface area contributed by atoms with Crippen LogP contribution in [0.1, 0.15) is 87.0 Å². The number of aliphatic carboxylic acids is 1. The van der Waals surface area contributed by atoms with Gasteiger partial charge in [-0.2, -0.15) is 0 Å². The molecule has 546 valence electrons. The van der Waals surface area contributed by atoms with Gasteiger partial charge in [-0.25, -0.2) is 14.8 Å². The minimum atomic E-state index is -2.08. The molecular formula is C71H57Cl6N11O18. The molecule has 7 heterocycles. The van der Waals surface area contributed by atoms with Gasteiger partial charge >= 0.3 is 5.97 Å². The first-order valence-electron chi connectivity index (χ1n) is 31.8. The number of imidazole rings is 1. The minimum absolute atomic E-state index is 0.0111. The van der Waals surface area contributed by atoms with Crippen molar-refractivity contribution < 1.29 is 83.6 Å². The molecule has 10 aromatic rings. The van der Waals surface area contributed by atoms with Gasteiger partial charge in [0.25, 0.3) is 11.5 Å². The SMILES string of the molecule is CN1C(=O)C(c2cc(Cl)c(O)c(Cl)c2)NC(=O)C2NC(=O)C(c3cc(Cl)c(O)c(Cl)c3)NC(=O)C(NC(=O)C(=O)c3cc(Cl)c(O)c(Cl)c3)Cc3c[nH]c4c(cccc34)-c3cc2cc(c3O)Oc2ccc(cc2)CC1C(=O)NC(C(=O)O)c1ccc(O)cc1.O=c1[nH]cnc2c1ncn2[C@H]1CC[C@@H](CO)O1. The fourth-order valence-corrected chi connectivity index (χ4v) is 13.8. The number of ketones is 1. The van der Waals surface area contributed by atoms with Gasteiger partial charge in [-0.3, -0.25) is 42.9 Å². The van der Waals surface area contributed by atoms with E-state index in [9.17, 15) is 54.6 Å². The molecule has 0 radical (unpaired) electrons. The fourth-order valence-electron chi connectivity index (χ4n) is 12.4. The van der Waals surface area contributed by atoms with Gasteiger partial charge in [0.1, 0.15) is 47.9 Å². The number of hydrogen-bond donors (Lipinski definition) is 14. The second kappa shape index (κ2) is 30.9. The Kier molecular flexibility index (Phi) is 21.7. The molecule has 29 nitrogen and oxygen atoms in total. The maximum Gasteiger partial charge on any atom is 0.330 e. The van der Waals surface area contributed by atoms with Gasteiger partial charge in [-0.1, -0.05) is 112 Å².